The van der Waals surface area contributed by atoms with Crippen LogP contribution in [0, 0.1) is 20.8 Å². The quantitative estimate of drug-likeness (QED) is 0.847. The molecular weight excluding hydrogens is 302 g/mol. The second-order valence-corrected chi connectivity index (χ2v) is 7.49. The van der Waals surface area contributed by atoms with Gasteiger partial charge in [-0.3, -0.25) is 4.79 Å². The third-order valence-electron chi connectivity index (χ3n) is 3.14. The third-order valence-corrected chi connectivity index (χ3v) is 5.43. The topological polar surface area (TPSA) is 54.9 Å². The molecule has 1 atom stereocenters. The van der Waals surface area contributed by atoms with Crippen LogP contribution < -0.4 is 5.32 Å². The number of hydrogen-bond donors (Lipinski definition) is 1. The zero-order chi connectivity index (χ0) is 15.4. The van der Waals surface area contributed by atoms with Gasteiger partial charge in [-0.1, -0.05) is 48.2 Å². The maximum absolute atomic E-state index is 12.5. The van der Waals surface area contributed by atoms with E-state index >= 15 is 0 Å². The summed E-state index contributed by atoms with van der Waals surface area (Å²) < 4.78 is 0.844. The van der Waals surface area contributed by atoms with Crippen molar-refractivity contribution in [1.82, 2.24) is 10.2 Å². The van der Waals surface area contributed by atoms with E-state index < -0.39 is 0 Å². The lowest BCUT2D eigenvalue weighted by Gasteiger charge is -2.16. The Morgan fingerprint density at radius 2 is 1.95 bits per heavy atom. The summed E-state index contributed by atoms with van der Waals surface area (Å²) in [4.78, 5) is 12.5. The Hall–Kier alpha value is -1.40. The van der Waals surface area contributed by atoms with Gasteiger partial charge in [0.05, 0.1) is 5.25 Å². The second kappa shape index (κ2) is 7.04. The van der Waals surface area contributed by atoms with Crippen molar-refractivity contribution >= 4 is 34.7 Å². The van der Waals surface area contributed by atoms with Crippen LogP contribution in [0.15, 0.2) is 22.5 Å². The number of aromatic nitrogens is 2. The largest absolute Gasteiger partial charge is 0.325 e. The molecule has 0 saturated carbocycles. The zero-order valence-corrected chi connectivity index (χ0v) is 14.3. The third kappa shape index (κ3) is 4.04. The number of amides is 1. The van der Waals surface area contributed by atoms with Gasteiger partial charge in [-0.05, 0) is 38.3 Å². The molecule has 1 aromatic carbocycles. The molecule has 1 N–H and O–H groups in total. The number of hydrogen-bond acceptors (Lipinski definition) is 5. The van der Waals surface area contributed by atoms with Crippen molar-refractivity contribution in [2.75, 3.05) is 5.32 Å². The standard InChI is InChI=1S/C15H19N3OS2/c1-5-12(21-15-18-17-11(4)20-15)14(19)16-13-9(2)7-6-8-10(13)3/h6-8,12H,5H2,1-4H3,(H,16,19). The molecule has 0 bridgehead atoms. The van der Waals surface area contributed by atoms with Gasteiger partial charge in [0.15, 0.2) is 4.34 Å². The lowest BCUT2D eigenvalue weighted by atomic mass is 10.1. The second-order valence-electron chi connectivity index (χ2n) is 4.86. The number of carbonyl (C=O) groups is 1. The van der Waals surface area contributed by atoms with Crippen molar-refractivity contribution in [2.45, 2.75) is 43.7 Å². The highest BCUT2D eigenvalue weighted by Crippen LogP contribution is 2.29. The molecule has 0 saturated heterocycles. The zero-order valence-electron chi connectivity index (χ0n) is 12.6. The van der Waals surface area contributed by atoms with Crippen molar-refractivity contribution in [2.24, 2.45) is 0 Å². The molecule has 0 aliphatic carbocycles. The van der Waals surface area contributed by atoms with Gasteiger partial charge < -0.3 is 5.32 Å². The predicted molar refractivity (Wildman–Crippen MR) is 89.1 cm³/mol. The van der Waals surface area contributed by atoms with Crippen LogP contribution in [0.2, 0.25) is 0 Å². The van der Waals surface area contributed by atoms with Crippen LogP contribution in [0.3, 0.4) is 0 Å². The van der Waals surface area contributed by atoms with Crippen molar-refractivity contribution in [3.63, 3.8) is 0 Å². The summed E-state index contributed by atoms with van der Waals surface area (Å²) >= 11 is 3.00. The fraction of sp³-hybridized carbons (Fsp3) is 0.400. The monoisotopic (exact) mass is 321 g/mol. The molecule has 4 nitrogen and oxygen atoms in total. The smallest absolute Gasteiger partial charge is 0.237 e. The van der Waals surface area contributed by atoms with Crippen molar-refractivity contribution in [3.8, 4) is 0 Å². The van der Waals surface area contributed by atoms with Gasteiger partial charge in [0.2, 0.25) is 5.91 Å². The van der Waals surface area contributed by atoms with E-state index in [1.165, 1.54) is 23.1 Å². The van der Waals surface area contributed by atoms with Crippen molar-refractivity contribution < 1.29 is 4.79 Å². The number of aryl methyl sites for hydroxylation is 3. The Labute approximate surface area is 133 Å². The van der Waals surface area contributed by atoms with Gasteiger partial charge in [-0.2, -0.15) is 0 Å². The molecule has 0 aliphatic heterocycles. The average molecular weight is 321 g/mol. The summed E-state index contributed by atoms with van der Waals surface area (Å²) in [7, 11) is 0. The molecule has 0 aliphatic rings. The van der Waals surface area contributed by atoms with Gasteiger partial charge in [-0.15, -0.1) is 10.2 Å². The van der Waals surface area contributed by atoms with Crippen LogP contribution in [0.1, 0.15) is 29.5 Å². The molecule has 112 valence electrons. The predicted octanol–water partition coefficient (Wildman–Crippen LogP) is 3.97. The summed E-state index contributed by atoms with van der Waals surface area (Å²) in [6, 6.07) is 6.01. The lowest BCUT2D eigenvalue weighted by molar-refractivity contribution is -0.115. The first-order valence-corrected chi connectivity index (χ1v) is 8.54. The van der Waals surface area contributed by atoms with Gasteiger partial charge >= 0.3 is 0 Å². The van der Waals surface area contributed by atoms with E-state index in [1.54, 1.807) is 0 Å². The van der Waals surface area contributed by atoms with E-state index in [0.717, 1.165) is 32.6 Å². The first-order chi connectivity index (χ1) is 10.0. The van der Waals surface area contributed by atoms with Crippen molar-refractivity contribution in [3.05, 3.63) is 34.3 Å². The highest BCUT2D eigenvalue weighted by molar-refractivity contribution is 8.02. The molecule has 21 heavy (non-hydrogen) atoms. The minimum absolute atomic E-state index is 0.0211. The Balaban J connectivity index is 2.10. The number of anilines is 1. The van der Waals surface area contributed by atoms with E-state index in [-0.39, 0.29) is 11.2 Å². The number of rotatable bonds is 5. The number of carbonyl (C=O) groups excluding carboxylic acids is 1. The van der Waals surface area contributed by atoms with E-state index in [1.807, 2.05) is 45.9 Å². The molecule has 0 radical (unpaired) electrons. The van der Waals surface area contributed by atoms with E-state index in [2.05, 4.69) is 15.5 Å². The van der Waals surface area contributed by atoms with Crippen LogP contribution in [0.5, 0.6) is 0 Å². The molecule has 2 aromatic rings. The fourth-order valence-corrected chi connectivity index (χ4v) is 3.97. The molecule has 1 heterocycles. The molecular formula is C15H19N3OS2. The minimum Gasteiger partial charge on any atom is -0.325 e. The van der Waals surface area contributed by atoms with Crippen LogP contribution in [-0.2, 0) is 4.79 Å². The molecule has 0 spiro atoms. The van der Waals surface area contributed by atoms with Crippen molar-refractivity contribution in [1.29, 1.82) is 0 Å². The lowest BCUT2D eigenvalue weighted by Crippen LogP contribution is -2.25. The number of nitrogens with zero attached hydrogens (tertiary/aromatic N) is 2. The Morgan fingerprint density at radius 1 is 1.29 bits per heavy atom. The SMILES string of the molecule is CCC(Sc1nnc(C)s1)C(=O)Nc1c(C)cccc1C. The first kappa shape index (κ1) is 16.0. The summed E-state index contributed by atoms with van der Waals surface area (Å²) in [5.41, 5.74) is 3.07. The molecule has 1 aromatic heterocycles. The highest BCUT2D eigenvalue weighted by atomic mass is 32.2. The summed E-state index contributed by atoms with van der Waals surface area (Å²) in [6.45, 7) is 7.94. The van der Waals surface area contributed by atoms with Gasteiger partial charge in [0.25, 0.3) is 0 Å². The van der Waals surface area contributed by atoms with Gasteiger partial charge in [0, 0.05) is 5.69 Å². The average Bonchev–Trinajstić information content (AvgIpc) is 2.85. The number of para-hydroxylation sites is 1. The molecule has 1 amide bonds. The van der Waals surface area contributed by atoms with Crippen LogP contribution in [0.4, 0.5) is 5.69 Å². The fourth-order valence-electron chi connectivity index (χ4n) is 1.99. The number of benzene rings is 1. The van der Waals surface area contributed by atoms with E-state index in [4.69, 9.17) is 0 Å². The normalized spacial score (nSPS) is 12.2. The molecule has 0 fully saturated rings. The maximum Gasteiger partial charge on any atom is 0.237 e. The van der Waals surface area contributed by atoms with Crippen LogP contribution in [-0.4, -0.2) is 21.4 Å². The maximum atomic E-state index is 12.5. The highest BCUT2D eigenvalue weighted by Gasteiger charge is 2.21. The van der Waals surface area contributed by atoms with Crippen LogP contribution >= 0.6 is 23.1 Å². The van der Waals surface area contributed by atoms with Crippen LogP contribution in [0.25, 0.3) is 0 Å². The number of thioether (sulfide) groups is 1. The van der Waals surface area contributed by atoms with Gasteiger partial charge in [0.1, 0.15) is 5.01 Å². The van der Waals surface area contributed by atoms with E-state index in [9.17, 15) is 4.79 Å². The number of nitrogens with one attached hydrogen (secondary N) is 1. The minimum atomic E-state index is -0.156. The first-order valence-electron chi connectivity index (χ1n) is 6.85. The summed E-state index contributed by atoms with van der Waals surface area (Å²) in [6.07, 6.45) is 0.750. The van der Waals surface area contributed by atoms with Gasteiger partial charge in [-0.25, -0.2) is 0 Å². The van der Waals surface area contributed by atoms with E-state index in [0.29, 0.717) is 0 Å². The Bertz CT molecular complexity index is 619. The molecule has 6 heteroatoms. The molecule has 1 unspecified atom stereocenters. The molecule has 2 rings (SSSR count). The Morgan fingerprint density at radius 3 is 2.48 bits per heavy atom. The summed E-state index contributed by atoms with van der Waals surface area (Å²) in [5, 5.41) is 11.9. The summed E-state index contributed by atoms with van der Waals surface area (Å²) in [5.74, 6) is 0.0211. The Kier molecular flexibility index (Phi) is 5.36.